The quantitative estimate of drug-likeness (QED) is 0.601. The Hall–Kier alpha value is -1.14. The molecule has 0 spiro atoms. The summed E-state index contributed by atoms with van der Waals surface area (Å²) in [7, 11) is 4.30. The van der Waals surface area contributed by atoms with E-state index in [1.165, 1.54) is 0 Å². The summed E-state index contributed by atoms with van der Waals surface area (Å²) in [5, 5.41) is 0. The van der Waals surface area contributed by atoms with Gasteiger partial charge in [0.2, 0.25) is 11.8 Å². The Kier molecular flexibility index (Phi) is 9.72. The van der Waals surface area contributed by atoms with Gasteiger partial charge >= 0.3 is 0 Å². The SMILES string of the molecule is CCN(CCN(CC)C(=O)CC1CCN(C)CC1)C(=O)CC1CCN(C)CC1. The standard InChI is InChI=1S/C22H42N4O2/c1-5-25(21(27)17-19-7-11-23(3)12-8-19)15-16-26(6-2)22(28)18-20-9-13-24(4)14-10-20/h19-20H,5-18H2,1-4H3. The summed E-state index contributed by atoms with van der Waals surface area (Å²) in [5.74, 6) is 1.56. The number of rotatable bonds is 9. The highest BCUT2D eigenvalue weighted by atomic mass is 16.2. The van der Waals surface area contributed by atoms with Crippen molar-refractivity contribution < 1.29 is 9.59 Å². The molecular weight excluding hydrogens is 352 g/mol. The lowest BCUT2D eigenvalue weighted by Crippen LogP contribution is -2.42. The van der Waals surface area contributed by atoms with Gasteiger partial charge in [-0.2, -0.15) is 0 Å². The van der Waals surface area contributed by atoms with Gasteiger partial charge in [0.1, 0.15) is 0 Å². The number of likely N-dealkylation sites (tertiary alicyclic amines) is 2. The van der Waals surface area contributed by atoms with E-state index in [4.69, 9.17) is 0 Å². The number of carbonyl (C=O) groups is 2. The van der Waals surface area contributed by atoms with Crippen molar-refractivity contribution in [3.8, 4) is 0 Å². The van der Waals surface area contributed by atoms with E-state index in [-0.39, 0.29) is 11.8 Å². The maximum absolute atomic E-state index is 12.7. The molecule has 0 aromatic heterocycles. The van der Waals surface area contributed by atoms with Crippen molar-refractivity contribution in [1.82, 2.24) is 19.6 Å². The zero-order chi connectivity index (χ0) is 20.5. The predicted octanol–water partition coefficient (Wildman–Crippen LogP) is 2.15. The van der Waals surface area contributed by atoms with Crippen molar-refractivity contribution in [3.63, 3.8) is 0 Å². The maximum Gasteiger partial charge on any atom is 0.222 e. The Morgan fingerprint density at radius 2 is 1.04 bits per heavy atom. The third-order valence-electron chi connectivity index (χ3n) is 6.71. The second-order valence-electron chi connectivity index (χ2n) is 8.85. The fourth-order valence-corrected chi connectivity index (χ4v) is 4.44. The molecule has 0 saturated carbocycles. The molecule has 2 aliphatic heterocycles. The summed E-state index contributed by atoms with van der Waals surface area (Å²) in [5.41, 5.74) is 0. The molecule has 2 fully saturated rings. The monoisotopic (exact) mass is 394 g/mol. The van der Waals surface area contributed by atoms with Crippen LogP contribution < -0.4 is 0 Å². The van der Waals surface area contributed by atoms with Crippen LogP contribution in [0, 0.1) is 11.8 Å². The Morgan fingerprint density at radius 1 is 0.714 bits per heavy atom. The Balaban J connectivity index is 1.75. The van der Waals surface area contributed by atoms with Crippen LogP contribution in [0.25, 0.3) is 0 Å². The van der Waals surface area contributed by atoms with E-state index < -0.39 is 0 Å². The van der Waals surface area contributed by atoms with Gasteiger partial charge in [-0.1, -0.05) is 0 Å². The molecule has 6 nitrogen and oxygen atoms in total. The molecule has 0 aromatic rings. The summed E-state index contributed by atoms with van der Waals surface area (Å²) in [6.45, 7) is 11.3. The lowest BCUT2D eigenvalue weighted by atomic mass is 9.93. The third-order valence-corrected chi connectivity index (χ3v) is 6.71. The molecule has 162 valence electrons. The molecule has 2 saturated heterocycles. The van der Waals surface area contributed by atoms with E-state index in [2.05, 4.69) is 23.9 Å². The lowest BCUT2D eigenvalue weighted by molar-refractivity contribution is -0.136. The normalized spacial score (nSPS) is 20.3. The Morgan fingerprint density at radius 3 is 1.32 bits per heavy atom. The largest absolute Gasteiger partial charge is 0.341 e. The second-order valence-corrected chi connectivity index (χ2v) is 8.85. The van der Waals surface area contributed by atoms with Crippen LogP contribution in [0.5, 0.6) is 0 Å². The van der Waals surface area contributed by atoms with Crippen LogP contribution >= 0.6 is 0 Å². The molecule has 6 heteroatoms. The van der Waals surface area contributed by atoms with E-state index >= 15 is 0 Å². The first-order chi connectivity index (χ1) is 13.4. The summed E-state index contributed by atoms with van der Waals surface area (Å²) >= 11 is 0. The molecular formula is C22H42N4O2. The number of hydrogen-bond acceptors (Lipinski definition) is 4. The molecule has 0 aliphatic carbocycles. The number of piperidine rings is 2. The van der Waals surface area contributed by atoms with E-state index in [9.17, 15) is 9.59 Å². The van der Waals surface area contributed by atoms with Crippen LogP contribution in [-0.4, -0.2) is 97.9 Å². The van der Waals surface area contributed by atoms with E-state index in [0.717, 1.165) is 65.0 Å². The fourth-order valence-electron chi connectivity index (χ4n) is 4.44. The van der Waals surface area contributed by atoms with Crippen LogP contribution in [0.15, 0.2) is 0 Å². The van der Waals surface area contributed by atoms with Crippen LogP contribution in [0.3, 0.4) is 0 Å². The number of hydrogen-bond donors (Lipinski definition) is 0. The molecule has 0 atom stereocenters. The third kappa shape index (κ3) is 7.36. The minimum absolute atomic E-state index is 0.260. The maximum atomic E-state index is 12.7. The van der Waals surface area contributed by atoms with Gasteiger partial charge in [0.25, 0.3) is 0 Å². The number of amides is 2. The smallest absolute Gasteiger partial charge is 0.222 e. The van der Waals surface area contributed by atoms with Gasteiger partial charge < -0.3 is 19.6 Å². The van der Waals surface area contributed by atoms with E-state index in [0.29, 0.717) is 37.8 Å². The summed E-state index contributed by atoms with van der Waals surface area (Å²) in [6.07, 6.45) is 5.81. The first-order valence-corrected chi connectivity index (χ1v) is 11.4. The minimum atomic E-state index is 0.260. The molecule has 0 aromatic carbocycles. The first kappa shape index (κ1) is 23.1. The van der Waals surface area contributed by atoms with Crippen molar-refractivity contribution in [3.05, 3.63) is 0 Å². The van der Waals surface area contributed by atoms with Crippen LogP contribution in [-0.2, 0) is 9.59 Å². The van der Waals surface area contributed by atoms with Gasteiger partial charge in [0.05, 0.1) is 0 Å². The van der Waals surface area contributed by atoms with Crippen molar-refractivity contribution in [2.75, 3.05) is 66.5 Å². The highest BCUT2D eigenvalue weighted by Crippen LogP contribution is 2.21. The number of carbonyl (C=O) groups excluding carboxylic acids is 2. The molecule has 2 heterocycles. The van der Waals surface area contributed by atoms with Crippen LogP contribution in [0.1, 0.15) is 52.4 Å². The van der Waals surface area contributed by atoms with Crippen LogP contribution in [0.2, 0.25) is 0 Å². The van der Waals surface area contributed by atoms with Crippen molar-refractivity contribution in [1.29, 1.82) is 0 Å². The van der Waals surface area contributed by atoms with Gasteiger partial charge in [-0.05, 0) is 91.6 Å². The second kappa shape index (κ2) is 11.8. The number of likely N-dealkylation sites (N-methyl/N-ethyl adjacent to an activating group) is 2. The van der Waals surface area contributed by atoms with Gasteiger partial charge in [-0.3, -0.25) is 9.59 Å². The molecule has 0 unspecified atom stereocenters. The summed E-state index contributed by atoms with van der Waals surface area (Å²) < 4.78 is 0. The van der Waals surface area contributed by atoms with Crippen molar-refractivity contribution in [2.24, 2.45) is 11.8 Å². The zero-order valence-corrected chi connectivity index (χ0v) is 18.7. The average molecular weight is 395 g/mol. The summed E-state index contributed by atoms with van der Waals surface area (Å²) in [6, 6.07) is 0. The molecule has 28 heavy (non-hydrogen) atoms. The van der Waals surface area contributed by atoms with E-state index in [1.54, 1.807) is 0 Å². The molecule has 0 N–H and O–H groups in total. The van der Waals surface area contributed by atoms with Crippen molar-refractivity contribution >= 4 is 11.8 Å². The Labute approximate surface area is 172 Å². The average Bonchev–Trinajstić information content (AvgIpc) is 2.68. The lowest BCUT2D eigenvalue weighted by Gasteiger charge is -2.32. The van der Waals surface area contributed by atoms with Gasteiger partial charge in [0.15, 0.2) is 0 Å². The topological polar surface area (TPSA) is 47.1 Å². The first-order valence-electron chi connectivity index (χ1n) is 11.4. The fraction of sp³-hybridized carbons (Fsp3) is 0.909. The molecule has 2 aliphatic rings. The van der Waals surface area contributed by atoms with Gasteiger partial charge in [0, 0.05) is 39.0 Å². The molecule has 0 bridgehead atoms. The molecule has 0 radical (unpaired) electrons. The highest BCUT2D eigenvalue weighted by Gasteiger charge is 2.24. The summed E-state index contributed by atoms with van der Waals surface area (Å²) in [4.78, 5) is 34.1. The predicted molar refractivity (Wildman–Crippen MR) is 114 cm³/mol. The molecule has 2 amide bonds. The van der Waals surface area contributed by atoms with Gasteiger partial charge in [-0.15, -0.1) is 0 Å². The molecule has 2 rings (SSSR count). The Bertz CT molecular complexity index is 439. The zero-order valence-electron chi connectivity index (χ0n) is 18.7. The van der Waals surface area contributed by atoms with Crippen molar-refractivity contribution in [2.45, 2.75) is 52.4 Å². The van der Waals surface area contributed by atoms with Gasteiger partial charge in [-0.25, -0.2) is 0 Å². The minimum Gasteiger partial charge on any atom is -0.341 e. The number of nitrogens with zero attached hydrogens (tertiary/aromatic N) is 4. The highest BCUT2D eigenvalue weighted by molar-refractivity contribution is 5.77. The van der Waals surface area contributed by atoms with E-state index in [1.807, 2.05) is 23.6 Å². The van der Waals surface area contributed by atoms with Crippen LogP contribution in [0.4, 0.5) is 0 Å².